The number of rotatable bonds is 4. The van der Waals surface area contributed by atoms with Crippen molar-refractivity contribution < 1.29 is 35.2 Å². The molecule has 0 radical (unpaired) electrons. The molecule has 0 bridgehead atoms. The molecule has 1 saturated heterocycles. The summed E-state index contributed by atoms with van der Waals surface area (Å²) in [5.74, 6) is -1.51. The van der Waals surface area contributed by atoms with E-state index in [-0.39, 0.29) is 5.69 Å². The number of carboxylic acids is 1. The molecule has 3 rings (SSSR count). The van der Waals surface area contributed by atoms with E-state index in [0.717, 1.165) is 11.1 Å². The number of hydroxylamine groups is 1. The fraction of sp³-hybridized carbons (Fsp3) is 0.278. The number of aliphatic hydroxyl groups excluding tert-OH is 3. The molecule has 8 heteroatoms. The number of hydrogen-bond acceptors (Lipinski definition) is 7. The molecule has 5 unspecified atom stereocenters. The van der Waals surface area contributed by atoms with Crippen LogP contribution < -0.4 is 5.06 Å². The molecular formula is C18H19NO7. The summed E-state index contributed by atoms with van der Waals surface area (Å²) in [5, 5.41) is 49.5. The fourth-order valence-electron chi connectivity index (χ4n) is 2.85. The average Bonchev–Trinajstić information content (AvgIpc) is 2.66. The van der Waals surface area contributed by atoms with E-state index < -0.39 is 36.6 Å². The van der Waals surface area contributed by atoms with Gasteiger partial charge in [0, 0.05) is 0 Å². The van der Waals surface area contributed by atoms with Gasteiger partial charge in [-0.25, -0.2) is 9.86 Å². The molecule has 0 aromatic heterocycles. The number of anilines is 1. The number of hydrogen-bond donors (Lipinski definition) is 5. The summed E-state index contributed by atoms with van der Waals surface area (Å²) in [4.78, 5) is 11.1. The van der Waals surface area contributed by atoms with E-state index in [2.05, 4.69) is 0 Å². The van der Waals surface area contributed by atoms with Crippen molar-refractivity contribution in [3.63, 3.8) is 0 Å². The Morgan fingerprint density at radius 3 is 2.00 bits per heavy atom. The van der Waals surface area contributed by atoms with E-state index >= 15 is 0 Å². The van der Waals surface area contributed by atoms with Crippen LogP contribution in [-0.4, -0.2) is 62.2 Å². The summed E-state index contributed by atoms with van der Waals surface area (Å²) in [7, 11) is 0. The highest BCUT2D eigenvalue weighted by Gasteiger charge is 2.49. The predicted octanol–water partition coefficient (Wildman–Crippen LogP) is 0.441. The lowest BCUT2D eigenvalue weighted by molar-refractivity contribution is -0.237. The maximum absolute atomic E-state index is 11.1. The number of aliphatic hydroxyl groups is 3. The molecule has 5 N–H and O–H groups in total. The number of nitrogens with zero attached hydrogens (tertiary/aromatic N) is 1. The zero-order chi connectivity index (χ0) is 18.8. The standard InChI is InChI=1S/C18H19NO7/c20-13-14(21)16(18(23)24)26-17(15(13)22)19(25)12-8-6-11(7-9-12)10-4-2-1-3-5-10/h1-9,13-17,20-22,25H,(H,23,24). The van der Waals surface area contributed by atoms with Crippen LogP contribution in [0, 0.1) is 0 Å². The van der Waals surface area contributed by atoms with Gasteiger partial charge in [-0.15, -0.1) is 0 Å². The highest BCUT2D eigenvalue weighted by atomic mass is 16.6. The molecule has 0 aliphatic carbocycles. The second kappa shape index (κ2) is 7.40. The van der Waals surface area contributed by atoms with E-state index in [1.54, 1.807) is 24.3 Å². The highest BCUT2D eigenvalue weighted by molar-refractivity contribution is 5.73. The Kier molecular flexibility index (Phi) is 5.21. The number of carboxylic acid groups (broad SMARTS) is 1. The summed E-state index contributed by atoms with van der Waals surface area (Å²) in [6.07, 6.45) is -8.64. The summed E-state index contributed by atoms with van der Waals surface area (Å²) < 4.78 is 5.09. The third-order valence-corrected chi connectivity index (χ3v) is 4.31. The summed E-state index contributed by atoms with van der Waals surface area (Å²) >= 11 is 0. The molecule has 1 heterocycles. The molecule has 5 atom stereocenters. The molecule has 0 saturated carbocycles. The van der Waals surface area contributed by atoms with Gasteiger partial charge in [-0.1, -0.05) is 42.5 Å². The zero-order valence-corrected chi connectivity index (χ0v) is 13.6. The highest BCUT2D eigenvalue weighted by Crippen LogP contribution is 2.28. The molecule has 8 nitrogen and oxygen atoms in total. The van der Waals surface area contributed by atoms with Crippen molar-refractivity contribution >= 4 is 11.7 Å². The second-order valence-corrected chi connectivity index (χ2v) is 6.01. The third kappa shape index (κ3) is 3.41. The van der Waals surface area contributed by atoms with Crippen molar-refractivity contribution in [1.29, 1.82) is 0 Å². The first-order chi connectivity index (χ1) is 12.4. The Hall–Kier alpha value is -2.49. The van der Waals surface area contributed by atoms with Gasteiger partial charge in [0.25, 0.3) is 0 Å². The minimum Gasteiger partial charge on any atom is -0.479 e. The van der Waals surface area contributed by atoms with E-state index in [9.17, 15) is 25.3 Å². The van der Waals surface area contributed by atoms with Gasteiger partial charge in [-0.3, -0.25) is 5.21 Å². The van der Waals surface area contributed by atoms with Crippen LogP contribution >= 0.6 is 0 Å². The van der Waals surface area contributed by atoms with Gasteiger partial charge < -0.3 is 25.2 Å². The number of benzene rings is 2. The fourth-order valence-corrected chi connectivity index (χ4v) is 2.85. The van der Waals surface area contributed by atoms with E-state index in [4.69, 9.17) is 9.84 Å². The van der Waals surface area contributed by atoms with Gasteiger partial charge in [0.15, 0.2) is 12.3 Å². The first-order valence-corrected chi connectivity index (χ1v) is 7.96. The molecule has 2 aromatic carbocycles. The second-order valence-electron chi connectivity index (χ2n) is 6.01. The first-order valence-electron chi connectivity index (χ1n) is 7.96. The van der Waals surface area contributed by atoms with Crippen LogP contribution in [-0.2, 0) is 9.53 Å². The topological polar surface area (TPSA) is 131 Å². The van der Waals surface area contributed by atoms with Crippen molar-refractivity contribution in [2.75, 3.05) is 5.06 Å². The third-order valence-electron chi connectivity index (χ3n) is 4.31. The van der Waals surface area contributed by atoms with Crippen LogP contribution in [0.25, 0.3) is 11.1 Å². The Morgan fingerprint density at radius 2 is 1.42 bits per heavy atom. The van der Waals surface area contributed by atoms with E-state index in [1.165, 1.54) is 0 Å². The van der Waals surface area contributed by atoms with E-state index in [0.29, 0.717) is 5.06 Å². The molecule has 1 aliphatic rings. The first kappa shape index (κ1) is 18.3. The zero-order valence-electron chi connectivity index (χ0n) is 13.6. The molecule has 2 aromatic rings. The van der Waals surface area contributed by atoms with Gasteiger partial charge >= 0.3 is 5.97 Å². The Labute approximate surface area is 149 Å². The Bertz CT molecular complexity index is 752. The van der Waals surface area contributed by atoms with Crippen molar-refractivity contribution in [3.05, 3.63) is 54.6 Å². The van der Waals surface area contributed by atoms with E-state index in [1.807, 2.05) is 30.3 Å². The Balaban J connectivity index is 1.81. The van der Waals surface area contributed by atoms with Crippen LogP contribution in [0.5, 0.6) is 0 Å². The van der Waals surface area contributed by atoms with Crippen LogP contribution in [0.1, 0.15) is 0 Å². The number of carbonyl (C=O) groups is 1. The van der Waals surface area contributed by atoms with Crippen molar-refractivity contribution in [2.45, 2.75) is 30.6 Å². The average molecular weight is 361 g/mol. The lowest BCUT2D eigenvalue weighted by atomic mass is 9.97. The molecule has 26 heavy (non-hydrogen) atoms. The maximum Gasteiger partial charge on any atom is 0.335 e. The maximum atomic E-state index is 11.1. The molecular weight excluding hydrogens is 342 g/mol. The lowest BCUT2D eigenvalue weighted by Crippen LogP contribution is -2.63. The van der Waals surface area contributed by atoms with Gasteiger partial charge in [-0.2, -0.15) is 0 Å². The lowest BCUT2D eigenvalue weighted by Gasteiger charge is -2.41. The monoisotopic (exact) mass is 361 g/mol. The number of aliphatic carboxylic acids is 1. The van der Waals surface area contributed by atoms with Crippen LogP contribution in [0.15, 0.2) is 54.6 Å². The van der Waals surface area contributed by atoms with Crippen LogP contribution in [0.2, 0.25) is 0 Å². The van der Waals surface area contributed by atoms with Crippen molar-refractivity contribution in [3.8, 4) is 11.1 Å². The van der Waals surface area contributed by atoms with Crippen LogP contribution in [0.3, 0.4) is 0 Å². The number of ether oxygens (including phenoxy) is 1. The largest absolute Gasteiger partial charge is 0.479 e. The SMILES string of the molecule is O=C(O)C1OC(N(O)c2ccc(-c3ccccc3)cc2)C(O)C(O)C1O. The molecule has 1 aliphatic heterocycles. The van der Waals surface area contributed by atoms with Crippen molar-refractivity contribution in [2.24, 2.45) is 0 Å². The van der Waals surface area contributed by atoms with Gasteiger partial charge in [0.1, 0.15) is 18.3 Å². The smallest absolute Gasteiger partial charge is 0.335 e. The molecule has 1 fully saturated rings. The van der Waals surface area contributed by atoms with Gasteiger partial charge in [-0.05, 0) is 23.3 Å². The molecule has 0 spiro atoms. The molecule has 0 amide bonds. The minimum atomic E-state index is -1.81. The van der Waals surface area contributed by atoms with Gasteiger partial charge in [0.05, 0.1) is 5.69 Å². The summed E-state index contributed by atoms with van der Waals surface area (Å²) in [6.45, 7) is 0. The predicted molar refractivity (Wildman–Crippen MR) is 90.5 cm³/mol. The van der Waals surface area contributed by atoms with Gasteiger partial charge in [0.2, 0.25) is 0 Å². The Morgan fingerprint density at radius 1 is 0.846 bits per heavy atom. The molecule has 138 valence electrons. The van der Waals surface area contributed by atoms with Crippen molar-refractivity contribution in [1.82, 2.24) is 0 Å². The quantitative estimate of drug-likeness (QED) is 0.496. The summed E-state index contributed by atoms with van der Waals surface area (Å²) in [5.41, 5.74) is 2.09. The minimum absolute atomic E-state index is 0.224. The normalized spacial score (nSPS) is 28.5. The summed E-state index contributed by atoms with van der Waals surface area (Å²) in [6, 6.07) is 16.1. The van der Waals surface area contributed by atoms with Crippen LogP contribution in [0.4, 0.5) is 5.69 Å².